The predicted octanol–water partition coefficient (Wildman–Crippen LogP) is 2.50. The first-order chi connectivity index (χ1) is 10.3. The van der Waals surface area contributed by atoms with Gasteiger partial charge in [-0.2, -0.15) is 0 Å². The van der Waals surface area contributed by atoms with Gasteiger partial charge in [0.1, 0.15) is 0 Å². The minimum atomic E-state index is -0.177. The summed E-state index contributed by atoms with van der Waals surface area (Å²) in [4.78, 5) is 16.4. The van der Waals surface area contributed by atoms with Gasteiger partial charge in [0.05, 0.1) is 17.4 Å². The standard InChI is InChI=1S/C16H18N4O/c17-20-15-10-18-9-8-13(15)16(21)19-14-7-3-5-11-4-1-2-6-12(11)14/h3,5,7-10,20H,1-2,4,6,17H2,(H,19,21). The molecule has 0 bridgehead atoms. The zero-order valence-corrected chi connectivity index (χ0v) is 11.7. The fraction of sp³-hybridized carbons (Fsp3) is 0.250. The van der Waals surface area contributed by atoms with Crippen molar-refractivity contribution in [2.24, 2.45) is 5.84 Å². The summed E-state index contributed by atoms with van der Waals surface area (Å²) in [6.45, 7) is 0. The van der Waals surface area contributed by atoms with Crippen molar-refractivity contribution in [3.05, 3.63) is 53.3 Å². The Morgan fingerprint density at radius 1 is 1.14 bits per heavy atom. The van der Waals surface area contributed by atoms with E-state index in [1.807, 2.05) is 12.1 Å². The molecule has 1 aromatic carbocycles. The number of hydrogen-bond donors (Lipinski definition) is 3. The molecule has 1 aromatic heterocycles. The molecule has 0 aliphatic heterocycles. The van der Waals surface area contributed by atoms with E-state index in [-0.39, 0.29) is 5.91 Å². The van der Waals surface area contributed by atoms with Gasteiger partial charge in [0, 0.05) is 11.9 Å². The van der Waals surface area contributed by atoms with Crippen LogP contribution < -0.4 is 16.6 Å². The lowest BCUT2D eigenvalue weighted by Gasteiger charge is -2.20. The average molecular weight is 282 g/mol. The second-order valence-electron chi connectivity index (χ2n) is 5.17. The molecule has 21 heavy (non-hydrogen) atoms. The van der Waals surface area contributed by atoms with Crippen LogP contribution in [0.1, 0.15) is 34.3 Å². The molecule has 0 radical (unpaired) electrons. The van der Waals surface area contributed by atoms with E-state index in [1.165, 1.54) is 30.2 Å². The highest BCUT2D eigenvalue weighted by Crippen LogP contribution is 2.28. The number of amides is 1. The van der Waals surface area contributed by atoms with E-state index >= 15 is 0 Å². The normalized spacial score (nSPS) is 13.4. The summed E-state index contributed by atoms with van der Waals surface area (Å²) in [5.74, 6) is 5.25. The number of benzene rings is 1. The number of nitrogens with one attached hydrogen (secondary N) is 2. The fourth-order valence-electron chi connectivity index (χ4n) is 2.80. The lowest BCUT2D eigenvalue weighted by atomic mass is 9.90. The lowest BCUT2D eigenvalue weighted by Crippen LogP contribution is -2.19. The van der Waals surface area contributed by atoms with E-state index < -0.39 is 0 Å². The molecule has 1 aliphatic carbocycles. The van der Waals surface area contributed by atoms with E-state index in [0.29, 0.717) is 11.3 Å². The van der Waals surface area contributed by atoms with Gasteiger partial charge < -0.3 is 10.7 Å². The second kappa shape index (κ2) is 5.93. The first-order valence-corrected chi connectivity index (χ1v) is 7.12. The molecule has 0 unspecified atom stereocenters. The molecule has 5 nitrogen and oxygen atoms in total. The number of hydrogen-bond acceptors (Lipinski definition) is 4. The molecule has 0 atom stereocenters. The molecule has 5 heteroatoms. The summed E-state index contributed by atoms with van der Waals surface area (Å²) >= 11 is 0. The quantitative estimate of drug-likeness (QED) is 0.597. The number of aryl methyl sites for hydroxylation is 1. The number of nitrogens with two attached hydrogens (primary N) is 1. The highest BCUT2D eigenvalue weighted by atomic mass is 16.1. The number of carbonyl (C=O) groups excluding carboxylic acids is 1. The molecule has 0 saturated carbocycles. The van der Waals surface area contributed by atoms with E-state index in [0.717, 1.165) is 18.5 Å². The highest BCUT2D eigenvalue weighted by molar-refractivity contribution is 6.08. The molecule has 0 fully saturated rings. The van der Waals surface area contributed by atoms with Crippen LogP contribution >= 0.6 is 0 Å². The summed E-state index contributed by atoms with van der Waals surface area (Å²) in [6, 6.07) is 7.75. The maximum absolute atomic E-state index is 12.4. The zero-order chi connectivity index (χ0) is 14.7. The number of hydrazine groups is 1. The van der Waals surface area contributed by atoms with Gasteiger partial charge in [-0.25, -0.2) is 0 Å². The van der Waals surface area contributed by atoms with Crippen molar-refractivity contribution in [2.45, 2.75) is 25.7 Å². The number of anilines is 2. The van der Waals surface area contributed by atoms with Crippen LogP contribution in [-0.2, 0) is 12.8 Å². The van der Waals surface area contributed by atoms with Gasteiger partial charge in [-0.15, -0.1) is 0 Å². The summed E-state index contributed by atoms with van der Waals surface area (Å²) in [5.41, 5.74) is 7.00. The Morgan fingerprint density at radius 3 is 2.86 bits per heavy atom. The summed E-state index contributed by atoms with van der Waals surface area (Å²) < 4.78 is 0. The zero-order valence-electron chi connectivity index (χ0n) is 11.7. The molecule has 1 aliphatic rings. The molecule has 108 valence electrons. The van der Waals surface area contributed by atoms with Crippen molar-refractivity contribution in [1.29, 1.82) is 0 Å². The molecule has 3 rings (SSSR count). The van der Waals surface area contributed by atoms with E-state index in [4.69, 9.17) is 5.84 Å². The van der Waals surface area contributed by atoms with E-state index in [1.54, 1.807) is 12.3 Å². The van der Waals surface area contributed by atoms with Gasteiger partial charge >= 0.3 is 0 Å². The number of nitrogens with zero attached hydrogens (tertiary/aromatic N) is 1. The van der Waals surface area contributed by atoms with Crippen LogP contribution in [0, 0.1) is 0 Å². The molecule has 0 spiro atoms. The Morgan fingerprint density at radius 2 is 2.00 bits per heavy atom. The molecule has 2 aromatic rings. The largest absolute Gasteiger partial charge is 0.322 e. The Hall–Kier alpha value is -2.40. The third-order valence-corrected chi connectivity index (χ3v) is 3.87. The third-order valence-electron chi connectivity index (χ3n) is 3.87. The van der Waals surface area contributed by atoms with Gasteiger partial charge in [-0.1, -0.05) is 12.1 Å². The van der Waals surface area contributed by atoms with Crippen LogP contribution in [0.3, 0.4) is 0 Å². The second-order valence-corrected chi connectivity index (χ2v) is 5.17. The highest BCUT2D eigenvalue weighted by Gasteiger charge is 2.16. The van der Waals surface area contributed by atoms with Crippen LogP contribution in [0.15, 0.2) is 36.7 Å². The molecule has 1 amide bonds. The summed E-state index contributed by atoms with van der Waals surface area (Å²) in [5, 5.41) is 3.00. The van der Waals surface area contributed by atoms with Crippen LogP contribution in [0.5, 0.6) is 0 Å². The van der Waals surface area contributed by atoms with Crippen molar-refractivity contribution in [1.82, 2.24) is 4.98 Å². The predicted molar refractivity (Wildman–Crippen MR) is 83.1 cm³/mol. The number of pyridine rings is 1. The summed E-state index contributed by atoms with van der Waals surface area (Å²) in [6.07, 6.45) is 7.61. The van der Waals surface area contributed by atoms with Crippen LogP contribution in [0.25, 0.3) is 0 Å². The minimum Gasteiger partial charge on any atom is -0.322 e. The topological polar surface area (TPSA) is 80.0 Å². The Kier molecular flexibility index (Phi) is 3.83. The third kappa shape index (κ3) is 2.73. The first-order valence-electron chi connectivity index (χ1n) is 7.12. The molecular formula is C16H18N4O. The molecule has 1 heterocycles. The van der Waals surface area contributed by atoms with Crippen LogP contribution in [0.2, 0.25) is 0 Å². The summed E-state index contributed by atoms with van der Waals surface area (Å²) in [7, 11) is 0. The molecule has 4 N–H and O–H groups in total. The van der Waals surface area contributed by atoms with Gasteiger partial charge in [-0.05, 0) is 48.9 Å². The monoisotopic (exact) mass is 282 g/mol. The van der Waals surface area contributed by atoms with Crippen molar-refractivity contribution in [3.63, 3.8) is 0 Å². The van der Waals surface area contributed by atoms with E-state index in [9.17, 15) is 4.79 Å². The smallest absolute Gasteiger partial charge is 0.257 e. The van der Waals surface area contributed by atoms with Crippen LogP contribution in [-0.4, -0.2) is 10.9 Å². The van der Waals surface area contributed by atoms with Crippen molar-refractivity contribution >= 4 is 17.3 Å². The van der Waals surface area contributed by atoms with Crippen molar-refractivity contribution < 1.29 is 4.79 Å². The molecular weight excluding hydrogens is 264 g/mol. The number of aromatic nitrogens is 1. The number of rotatable bonds is 3. The number of nitrogen functional groups attached to an aromatic ring is 1. The Bertz CT molecular complexity index is 669. The van der Waals surface area contributed by atoms with Crippen LogP contribution in [0.4, 0.5) is 11.4 Å². The number of carbonyl (C=O) groups is 1. The average Bonchev–Trinajstić information content (AvgIpc) is 2.55. The van der Waals surface area contributed by atoms with Gasteiger partial charge in [0.2, 0.25) is 0 Å². The fourth-order valence-corrected chi connectivity index (χ4v) is 2.80. The van der Waals surface area contributed by atoms with Crippen molar-refractivity contribution in [2.75, 3.05) is 10.7 Å². The minimum absolute atomic E-state index is 0.177. The maximum atomic E-state index is 12.4. The van der Waals surface area contributed by atoms with Gasteiger partial charge in [-0.3, -0.25) is 15.6 Å². The Balaban J connectivity index is 1.88. The molecule has 0 saturated heterocycles. The lowest BCUT2D eigenvalue weighted by molar-refractivity contribution is 0.102. The maximum Gasteiger partial charge on any atom is 0.257 e. The van der Waals surface area contributed by atoms with Gasteiger partial charge in [0.15, 0.2) is 0 Å². The van der Waals surface area contributed by atoms with Gasteiger partial charge in [0.25, 0.3) is 5.91 Å². The first kappa shape index (κ1) is 13.6. The Labute approximate surface area is 123 Å². The SMILES string of the molecule is NNc1cnccc1C(=O)Nc1cccc2c1CCCC2. The van der Waals surface area contributed by atoms with E-state index in [2.05, 4.69) is 21.8 Å². The number of fused-ring (bicyclic) bond motifs is 1. The van der Waals surface area contributed by atoms with Crippen molar-refractivity contribution in [3.8, 4) is 0 Å².